The molecule has 14 heavy (non-hydrogen) atoms. The van der Waals surface area contributed by atoms with Gasteiger partial charge in [0.1, 0.15) is 6.10 Å². The van der Waals surface area contributed by atoms with Crippen LogP contribution in [0, 0.1) is 0 Å². The fraction of sp³-hybridized carbons (Fsp3) is 0.250. The molecule has 2 unspecified atom stereocenters. The molecule has 6 heteroatoms. The van der Waals surface area contributed by atoms with Crippen LogP contribution in [0.1, 0.15) is 22.2 Å². The second-order valence-corrected chi connectivity index (χ2v) is 2.65. The smallest absolute Gasteiger partial charge is 0.249 e. The Hall–Kier alpha value is -1.66. The van der Waals surface area contributed by atoms with E-state index in [0.29, 0.717) is 6.29 Å². The summed E-state index contributed by atoms with van der Waals surface area (Å²) < 4.78 is 4.67. The number of carbonyl (C=O) groups is 2. The van der Waals surface area contributed by atoms with Crippen molar-refractivity contribution < 1.29 is 24.2 Å². The maximum atomic E-state index is 10.5. The topological polar surface area (TPSA) is 114 Å². The molecule has 0 saturated carbocycles. The van der Waals surface area contributed by atoms with Crippen molar-refractivity contribution in [3.63, 3.8) is 0 Å². The van der Waals surface area contributed by atoms with Crippen LogP contribution in [0.25, 0.3) is 0 Å². The van der Waals surface area contributed by atoms with Gasteiger partial charge in [-0.3, -0.25) is 9.59 Å². The van der Waals surface area contributed by atoms with E-state index < -0.39 is 18.1 Å². The molecule has 2 atom stereocenters. The zero-order valence-electron chi connectivity index (χ0n) is 7.08. The van der Waals surface area contributed by atoms with Crippen LogP contribution in [0.15, 0.2) is 16.7 Å². The standard InChI is InChI=1S/C8H9NO5/c9-8(13)7(12)6(11)4-1-2-14-5(4)3-10/h1-3,6-7,11-12H,(H2,9,13). The van der Waals surface area contributed by atoms with Gasteiger partial charge in [0.05, 0.1) is 6.26 Å². The molecule has 1 aromatic heterocycles. The van der Waals surface area contributed by atoms with Crippen LogP contribution in [0.2, 0.25) is 0 Å². The Labute approximate surface area is 78.9 Å². The Morgan fingerprint density at radius 2 is 2.21 bits per heavy atom. The number of primary amides is 1. The summed E-state index contributed by atoms with van der Waals surface area (Å²) in [5.74, 6) is -1.21. The van der Waals surface area contributed by atoms with E-state index in [-0.39, 0.29) is 11.3 Å². The van der Waals surface area contributed by atoms with Gasteiger partial charge >= 0.3 is 0 Å². The largest absolute Gasteiger partial charge is 0.461 e. The Morgan fingerprint density at radius 1 is 1.57 bits per heavy atom. The third kappa shape index (κ3) is 1.81. The number of aliphatic hydroxyl groups is 2. The summed E-state index contributed by atoms with van der Waals surface area (Å²) in [4.78, 5) is 20.9. The summed E-state index contributed by atoms with van der Waals surface area (Å²) in [6.07, 6.45) is -1.78. The van der Waals surface area contributed by atoms with Crippen LogP contribution < -0.4 is 5.73 Å². The van der Waals surface area contributed by atoms with Crippen LogP contribution in [-0.4, -0.2) is 28.5 Å². The van der Waals surface area contributed by atoms with E-state index in [0.717, 1.165) is 6.26 Å². The van der Waals surface area contributed by atoms with Crippen molar-refractivity contribution in [2.45, 2.75) is 12.2 Å². The first-order valence-electron chi connectivity index (χ1n) is 3.76. The number of hydrogen-bond acceptors (Lipinski definition) is 5. The van der Waals surface area contributed by atoms with Gasteiger partial charge in [-0.05, 0) is 6.07 Å². The van der Waals surface area contributed by atoms with Crippen molar-refractivity contribution in [2.24, 2.45) is 5.73 Å². The number of hydrogen-bond donors (Lipinski definition) is 3. The summed E-state index contributed by atoms with van der Waals surface area (Å²) in [6, 6.07) is 1.28. The summed E-state index contributed by atoms with van der Waals surface area (Å²) in [7, 11) is 0. The van der Waals surface area contributed by atoms with E-state index in [9.17, 15) is 14.7 Å². The van der Waals surface area contributed by atoms with Gasteiger partial charge in [0, 0.05) is 5.56 Å². The predicted molar refractivity (Wildman–Crippen MR) is 44.3 cm³/mol. The molecule has 0 spiro atoms. The highest BCUT2D eigenvalue weighted by molar-refractivity contribution is 5.80. The van der Waals surface area contributed by atoms with E-state index in [4.69, 9.17) is 10.8 Å². The van der Waals surface area contributed by atoms with Crippen molar-refractivity contribution in [3.8, 4) is 0 Å². The molecular formula is C8H9NO5. The highest BCUT2D eigenvalue weighted by atomic mass is 16.4. The lowest BCUT2D eigenvalue weighted by Gasteiger charge is -2.13. The Balaban J connectivity index is 2.93. The van der Waals surface area contributed by atoms with Crippen molar-refractivity contribution >= 4 is 12.2 Å². The number of rotatable bonds is 4. The van der Waals surface area contributed by atoms with Gasteiger partial charge in [-0.15, -0.1) is 0 Å². The molecule has 76 valence electrons. The lowest BCUT2D eigenvalue weighted by Crippen LogP contribution is -2.34. The molecule has 6 nitrogen and oxygen atoms in total. The quantitative estimate of drug-likeness (QED) is 0.536. The molecule has 1 aromatic rings. The van der Waals surface area contributed by atoms with E-state index in [1.165, 1.54) is 6.07 Å². The zero-order chi connectivity index (χ0) is 10.7. The van der Waals surface area contributed by atoms with Crippen molar-refractivity contribution in [2.75, 3.05) is 0 Å². The van der Waals surface area contributed by atoms with Gasteiger partial charge in [0.15, 0.2) is 18.2 Å². The minimum absolute atomic E-state index is 0.0336. The highest BCUT2D eigenvalue weighted by Gasteiger charge is 2.26. The van der Waals surface area contributed by atoms with Gasteiger partial charge in [0.25, 0.3) is 0 Å². The lowest BCUT2D eigenvalue weighted by molar-refractivity contribution is -0.132. The highest BCUT2D eigenvalue weighted by Crippen LogP contribution is 2.20. The van der Waals surface area contributed by atoms with Crippen LogP contribution in [0.4, 0.5) is 0 Å². The Morgan fingerprint density at radius 3 is 2.71 bits per heavy atom. The molecule has 0 radical (unpaired) electrons. The third-order valence-corrected chi connectivity index (χ3v) is 1.74. The predicted octanol–water partition coefficient (Wildman–Crippen LogP) is -1.03. The Bertz CT molecular complexity index is 345. The number of aldehydes is 1. The molecule has 0 aliphatic carbocycles. The molecule has 1 amide bonds. The molecule has 0 aromatic carbocycles. The summed E-state index contributed by atoms with van der Waals surface area (Å²) in [6.45, 7) is 0. The van der Waals surface area contributed by atoms with Gasteiger partial charge < -0.3 is 20.4 Å². The molecular weight excluding hydrogens is 190 g/mol. The van der Waals surface area contributed by atoms with Gasteiger partial charge in [-0.25, -0.2) is 0 Å². The maximum Gasteiger partial charge on any atom is 0.249 e. The summed E-state index contributed by atoms with van der Waals surface area (Å²) in [5, 5.41) is 18.5. The van der Waals surface area contributed by atoms with Gasteiger partial charge in [-0.2, -0.15) is 0 Å². The SMILES string of the molecule is NC(=O)C(O)C(O)c1ccoc1C=O. The zero-order valence-corrected chi connectivity index (χ0v) is 7.08. The van der Waals surface area contributed by atoms with E-state index >= 15 is 0 Å². The molecule has 1 heterocycles. The normalized spacial score (nSPS) is 14.7. The molecule has 0 saturated heterocycles. The van der Waals surface area contributed by atoms with Crippen LogP contribution in [-0.2, 0) is 4.79 Å². The van der Waals surface area contributed by atoms with Crippen LogP contribution in [0.5, 0.6) is 0 Å². The van der Waals surface area contributed by atoms with E-state index in [1.54, 1.807) is 0 Å². The van der Waals surface area contributed by atoms with E-state index in [2.05, 4.69) is 4.42 Å². The van der Waals surface area contributed by atoms with E-state index in [1.807, 2.05) is 0 Å². The minimum atomic E-state index is -1.76. The molecule has 0 aliphatic heterocycles. The molecule has 0 bridgehead atoms. The first-order chi connectivity index (χ1) is 6.57. The monoisotopic (exact) mass is 199 g/mol. The number of carbonyl (C=O) groups excluding carboxylic acids is 2. The number of amides is 1. The Kier molecular flexibility index (Phi) is 3.00. The fourth-order valence-corrected chi connectivity index (χ4v) is 0.997. The summed E-state index contributed by atoms with van der Waals surface area (Å²) in [5.41, 5.74) is 4.80. The average Bonchev–Trinajstić information content (AvgIpc) is 2.62. The second kappa shape index (κ2) is 4.03. The number of aliphatic hydroxyl groups excluding tert-OH is 2. The fourth-order valence-electron chi connectivity index (χ4n) is 0.997. The number of furan rings is 1. The molecule has 4 N–H and O–H groups in total. The molecule has 1 rings (SSSR count). The lowest BCUT2D eigenvalue weighted by atomic mass is 10.1. The molecule has 0 aliphatic rings. The number of nitrogens with two attached hydrogens (primary N) is 1. The van der Waals surface area contributed by atoms with Crippen molar-refractivity contribution in [1.29, 1.82) is 0 Å². The average molecular weight is 199 g/mol. The van der Waals surface area contributed by atoms with Gasteiger partial charge in [0.2, 0.25) is 5.91 Å². The summed E-state index contributed by atoms with van der Waals surface area (Å²) >= 11 is 0. The molecule has 0 fully saturated rings. The van der Waals surface area contributed by atoms with Crippen LogP contribution >= 0.6 is 0 Å². The third-order valence-electron chi connectivity index (χ3n) is 1.74. The first-order valence-corrected chi connectivity index (χ1v) is 3.76. The van der Waals surface area contributed by atoms with Crippen molar-refractivity contribution in [3.05, 3.63) is 23.7 Å². The second-order valence-electron chi connectivity index (χ2n) is 2.65. The van der Waals surface area contributed by atoms with Crippen molar-refractivity contribution in [1.82, 2.24) is 0 Å². The first kappa shape index (κ1) is 10.4. The van der Waals surface area contributed by atoms with Crippen LogP contribution in [0.3, 0.4) is 0 Å². The van der Waals surface area contributed by atoms with Gasteiger partial charge in [-0.1, -0.05) is 0 Å². The maximum absolute atomic E-state index is 10.5. The minimum Gasteiger partial charge on any atom is -0.461 e.